The molecule has 114 valence electrons. The predicted octanol–water partition coefficient (Wildman–Crippen LogP) is 1.80. The third-order valence-corrected chi connectivity index (χ3v) is 4.69. The SMILES string of the molecule is CN(C)C1CCCN(c2nc3c(cc2C(=O)O)CCC3)C1. The van der Waals surface area contributed by atoms with Crippen LogP contribution in [0.25, 0.3) is 0 Å². The Hall–Kier alpha value is -1.62. The van der Waals surface area contributed by atoms with Crippen molar-refractivity contribution in [2.75, 3.05) is 32.1 Å². The highest BCUT2D eigenvalue weighted by atomic mass is 16.4. The van der Waals surface area contributed by atoms with E-state index in [1.165, 1.54) is 0 Å². The standard InChI is InChI=1S/C16H23N3O2/c1-18(2)12-6-4-8-19(10-12)15-13(16(20)21)9-11-5-3-7-14(11)17-15/h9,12H,3-8,10H2,1-2H3,(H,20,21). The van der Waals surface area contributed by atoms with Crippen molar-refractivity contribution >= 4 is 11.8 Å². The summed E-state index contributed by atoms with van der Waals surface area (Å²) in [5.41, 5.74) is 2.59. The van der Waals surface area contributed by atoms with Gasteiger partial charge in [0.15, 0.2) is 0 Å². The van der Waals surface area contributed by atoms with Crippen LogP contribution < -0.4 is 4.90 Å². The van der Waals surface area contributed by atoms with Gasteiger partial charge in [0.05, 0.1) is 0 Å². The summed E-state index contributed by atoms with van der Waals surface area (Å²) in [4.78, 5) is 20.7. The molecule has 1 saturated heterocycles. The maximum atomic E-state index is 11.6. The number of hydrogen-bond acceptors (Lipinski definition) is 4. The Morgan fingerprint density at radius 1 is 1.38 bits per heavy atom. The minimum Gasteiger partial charge on any atom is -0.478 e. The molecule has 1 aromatic rings. The summed E-state index contributed by atoms with van der Waals surface area (Å²) in [6.45, 7) is 1.76. The topological polar surface area (TPSA) is 56.7 Å². The van der Waals surface area contributed by atoms with Crippen LogP contribution in [-0.2, 0) is 12.8 Å². The van der Waals surface area contributed by atoms with E-state index >= 15 is 0 Å². The van der Waals surface area contributed by atoms with Crippen molar-refractivity contribution in [2.45, 2.75) is 38.1 Å². The van der Waals surface area contributed by atoms with Gasteiger partial charge in [0.1, 0.15) is 11.4 Å². The van der Waals surface area contributed by atoms with Gasteiger partial charge in [0, 0.05) is 24.8 Å². The zero-order valence-electron chi connectivity index (χ0n) is 12.8. The Balaban J connectivity index is 1.95. The fourth-order valence-electron chi connectivity index (χ4n) is 3.43. The van der Waals surface area contributed by atoms with E-state index in [0.717, 1.165) is 56.5 Å². The highest BCUT2D eigenvalue weighted by molar-refractivity contribution is 5.93. The lowest BCUT2D eigenvalue weighted by Crippen LogP contribution is -2.46. The van der Waals surface area contributed by atoms with Crippen LogP contribution >= 0.6 is 0 Å². The third-order valence-electron chi connectivity index (χ3n) is 4.69. The number of anilines is 1. The zero-order chi connectivity index (χ0) is 15.0. The van der Waals surface area contributed by atoms with Gasteiger partial charge in [-0.1, -0.05) is 0 Å². The van der Waals surface area contributed by atoms with E-state index in [9.17, 15) is 9.90 Å². The van der Waals surface area contributed by atoms with E-state index in [4.69, 9.17) is 4.98 Å². The van der Waals surface area contributed by atoms with Crippen molar-refractivity contribution in [1.82, 2.24) is 9.88 Å². The molecular formula is C16H23N3O2. The van der Waals surface area contributed by atoms with E-state index in [2.05, 4.69) is 23.9 Å². The molecule has 2 aliphatic rings. The summed E-state index contributed by atoms with van der Waals surface area (Å²) >= 11 is 0. The molecule has 0 amide bonds. The monoisotopic (exact) mass is 289 g/mol. The molecule has 5 heteroatoms. The number of fused-ring (bicyclic) bond motifs is 1. The third kappa shape index (κ3) is 2.75. The molecule has 1 aliphatic carbocycles. The van der Waals surface area contributed by atoms with E-state index < -0.39 is 5.97 Å². The molecule has 0 aromatic carbocycles. The number of nitrogens with zero attached hydrogens (tertiary/aromatic N) is 3. The second-order valence-corrected chi connectivity index (χ2v) is 6.33. The molecule has 21 heavy (non-hydrogen) atoms. The molecule has 5 nitrogen and oxygen atoms in total. The summed E-state index contributed by atoms with van der Waals surface area (Å²) in [6, 6.07) is 2.32. The number of carboxylic acids is 1. The number of aromatic carboxylic acids is 1. The highest BCUT2D eigenvalue weighted by Crippen LogP contribution is 2.29. The fraction of sp³-hybridized carbons (Fsp3) is 0.625. The van der Waals surface area contributed by atoms with Gasteiger partial charge >= 0.3 is 5.97 Å². The van der Waals surface area contributed by atoms with Gasteiger partial charge < -0.3 is 14.9 Å². The van der Waals surface area contributed by atoms with Crippen LogP contribution in [0.1, 0.15) is 40.9 Å². The quantitative estimate of drug-likeness (QED) is 0.919. The first kappa shape index (κ1) is 14.3. The first-order valence-corrected chi connectivity index (χ1v) is 7.73. The summed E-state index contributed by atoms with van der Waals surface area (Å²) in [7, 11) is 4.17. The van der Waals surface area contributed by atoms with E-state index in [0.29, 0.717) is 17.4 Å². The van der Waals surface area contributed by atoms with Gasteiger partial charge in [0.25, 0.3) is 0 Å². The molecule has 1 N–H and O–H groups in total. The van der Waals surface area contributed by atoms with Crippen LogP contribution in [0.3, 0.4) is 0 Å². The lowest BCUT2D eigenvalue weighted by molar-refractivity contribution is 0.0697. The van der Waals surface area contributed by atoms with E-state index in [1.807, 2.05) is 6.07 Å². The van der Waals surface area contributed by atoms with Crippen molar-refractivity contribution in [2.24, 2.45) is 0 Å². The number of aryl methyl sites for hydroxylation is 2. The van der Waals surface area contributed by atoms with Crippen molar-refractivity contribution in [3.63, 3.8) is 0 Å². The summed E-state index contributed by atoms with van der Waals surface area (Å²) in [5.74, 6) is -0.186. The Morgan fingerprint density at radius 2 is 2.19 bits per heavy atom. The first-order valence-electron chi connectivity index (χ1n) is 7.73. The van der Waals surface area contributed by atoms with Crippen LogP contribution in [0, 0.1) is 0 Å². The number of piperidine rings is 1. The molecule has 0 radical (unpaired) electrons. The van der Waals surface area contributed by atoms with Crippen molar-refractivity contribution in [1.29, 1.82) is 0 Å². The second-order valence-electron chi connectivity index (χ2n) is 6.33. The van der Waals surface area contributed by atoms with Gasteiger partial charge in [-0.05, 0) is 57.8 Å². The van der Waals surface area contributed by atoms with Crippen molar-refractivity contribution in [3.05, 3.63) is 22.9 Å². The van der Waals surface area contributed by atoms with Crippen LogP contribution in [0.2, 0.25) is 0 Å². The predicted molar refractivity (Wildman–Crippen MR) is 82.1 cm³/mol. The van der Waals surface area contributed by atoms with E-state index in [1.54, 1.807) is 0 Å². The molecular weight excluding hydrogens is 266 g/mol. The second kappa shape index (κ2) is 5.64. The maximum Gasteiger partial charge on any atom is 0.339 e. The Kier molecular flexibility index (Phi) is 3.85. The number of rotatable bonds is 3. The Labute approximate surface area is 125 Å². The average molecular weight is 289 g/mol. The van der Waals surface area contributed by atoms with Crippen molar-refractivity contribution < 1.29 is 9.90 Å². The van der Waals surface area contributed by atoms with Gasteiger partial charge in [0.2, 0.25) is 0 Å². The lowest BCUT2D eigenvalue weighted by atomic mass is 10.0. The molecule has 3 rings (SSSR count). The largest absolute Gasteiger partial charge is 0.478 e. The maximum absolute atomic E-state index is 11.6. The highest BCUT2D eigenvalue weighted by Gasteiger charge is 2.27. The van der Waals surface area contributed by atoms with Crippen LogP contribution in [0.15, 0.2) is 6.07 Å². The van der Waals surface area contributed by atoms with Crippen LogP contribution in [-0.4, -0.2) is 54.2 Å². The normalized spacial score (nSPS) is 21.7. The fourth-order valence-corrected chi connectivity index (χ4v) is 3.43. The minimum absolute atomic E-state index is 0.370. The number of hydrogen-bond donors (Lipinski definition) is 1. The van der Waals surface area contributed by atoms with Crippen molar-refractivity contribution in [3.8, 4) is 0 Å². The lowest BCUT2D eigenvalue weighted by Gasteiger charge is -2.37. The number of aromatic nitrogens is 1. The molecule has 1 aliphatic heterocycles. The molecule has 0 bridgehead atoms. The molecule has 0 saturated carbocycles. The Morgan fingerprint density at radius 3 is 2.90 bits per heavy atom. The minimum atomic E-state index is -0.862. The average Bonchev–Trinajstić information content (AvgIpc) is 2.93. The molecule has 1 fully saturated rings. The number of carbonyl (C=O) groups is 1. The van der Waals surface area contributed by atoms with Gasteiger partial charge in [-0.2, -0.15) is 0 Å². The molecule has 1 atom stereocenters. The summed E-state index contributed by atoms with van der Waals surface area (Å²) < 4.78 is 0. The zero-order valence-corrected chi connectivity index (χ0v) is 12.8. The molecule has 1 unspecified atom stereocenters. The number of likely N-dealkylation sites (N-methyl/N-ethyl adjacent to an activating group) is 1. The smallest absolute Gasteiger partial charge is 0.339 e. The van der Waals surface area contributed by atoms with Gasteiger partial charge in [-0.25, -0.2) is 9.78 Å². The van der Waals surface area contributed by atoms with Gasteiger partial charge in [-0.3, -0.25) is 0 Å². The summed E-state index contributed by atoms with van der Waals surface area (Å²) in [6.07, 6.45) is 5.28. The summed E-state index contributed by atoms with van der Waals surface area (Å²) in [5, 5.41) is 9.53. The Bertz CT molecular complexity index is 557. The van der Waals surface area contributed by atoms with Crippen LogP contribution in [0.5, 0.6) is 0 Å². The number of pyridine rings is 1. The molecule has 0 spiro atoms. The van der Waals surface area contributed by atoms with Gasteiger partial charge in [-0.15, -0.1) is 0 Å². The molecule has 1 aromatic heterocycles. The first-order chi connectivity index (χ1) is 10.1. The van der Waals surface area contributed by atoms with E-state index in [-0.39, 0.29) is 0 Å². The molecule has 2 heterocycles. The number of carboxylic acid groups (broad SMARTS) is 1. The van der Waals surface area contributed by atoms with Crippen LogP contribution in [0.4, 0.5) is 5.82 Å².